The summed E-state index contributed by atoms with van der Waals surface area (Å²) in [5.74, 6) is 0. The molecule has 2 aromatic carbocycles. The van der Waals surface area contributed by atoms with E-state index in [0.29, 0.717) is 0 Å². The topological polar surface area (TPSA) is 3.24 Å². The van der Waals surface area contributed by atoms with Crippen molar-refractivity contribution in [3.05, 3.63) is 54.6 Å². The maximum atomic E-state index is 4.29. The Kier molecular flexibility index (Phi) is 4.17. The maximum Gasteiger partial charge on any atom is 0.00218 e. The van der Waals surface area contributed by atoms with E-state index in [4.69, 9.17) is 0 Å². The molecule has 0 bridgehead atoms. The van der Waals surface area contributed by atoms with Gasteiger partial charge in [0.15, 0.2) is 0 Å². The third-order valence-electron chi connectivity index (χ3n) is 4.34. The van der Waals surface area contributed by atoms with Gasteiger partial charge in [-0.3, -0.25) is 0 Å². The van der Waals surface area contributed by atoms with Crippen LogP contribution in [0, 0.1) is 0 Å². The van der Waals surface area contributed by atoms with Crippen molar-refractivity contribution in [2.45, 2.75) is 25.7 Å². The van der Waals surface area contributed by atoms with E-state index in [1.165, 1.54) is 54.3 Å². The van der Waals surface area contributed by atoms with Crippen LogP contribution in [0.1, 0.15) is 31.2 Å². The first-order chi connectivity index (χ1) is 9.83. The summed E-state index contributed by atoms with van der Waals surface area (Å²) in [7, 11) is 0. The van der Waals surface area contributed by atoms with E-state index >= 15 is 0 Å². The SMILES string of the molecule is C=C(CCN1CCCCC1)c1ccc2ccccc2c1. The highest BCUT2D eigenvalue weighted by molar-refractivity contribution is 5.86. The van der Waals surface area contributed by atoms with Crippen molar-refractivity contribution in [2.24, 2.45) is 0 Å². The molecule has 1 saturated heterocycles. The molecule has 1 heteroatoms. The van der Waals surface area contributed by atoms with Crippen LogP contribution in [-0.4, -0.2) is 24.5 Å². The Balaban J connectivity index is 1.65. The van der Waals surface area contributed by atoms with E-state index in [1.54, 1.807) is 0 Å². The summed E-state index contributed by atoms with van der Waals surface area (Å²) in [6, 6.07) is 15.2. The number of likely N-dealkylation sites (tertiary alicyclic amines) is 1. The van der Waals surface area contributed by atoms with Crippen molar-refractivity contribution in [1.82, 2.24) is 4.90 Å². The predicted octanol–water partition coefficient (Wildman–Crippen LogP) is 4.73. The molecule has 2 aromatic rings. The lowest BCUT2D eigenvalue weighted by atomic mass is 10.00. The molecule has 0 amide bonds. The molecular formula is C19H23N. The molecule has 1 nitrogen and oxygen atoms in total. The fourth-order valence-electron chi connectivity index (χ4n) is 3.03. The van der Waals surface area contributed by atoms with Crippen molar-refractivity contribution in [3.8, 4) is 0 Å². The van der Waals surface area contributed by atoms with Crippen LogP contribution in [0.15, 0.2) is 49.0 Å². The van der Waals surface area contributed by atoms with Crippen LogP contribution in [0.5, 0.6) is 0 Å². The minimum absolute atomic E-state index is 1.08. The molecular weight excluding hydrogens is 242 g/mol. The quantitative estimate of drug-likeness (QED) is 0.772. The van der Waals surface area contributed by atoms with Crippen LogP contribution in [0.2, 0.25) is 0 Å². The van der Waals surface area contributed by atoms with Crippen LogP contribution >= 0.6 is 0 Å². The Bertz CT molecular complexity index is 593. The Morgan fingerprint density at radius 3 is 2.50 bits per heavy atom. The van der Waals surface area contributed by atoms with E-state index in [9.17, 15) is 0 Å². The second kappa shape index (κ2) is 6.23. The monoisotopic (exact) mass is 265 g/mol. The average Bonchev–Trinajstić information content (AvgIpc) is 2.53. The molecule has 0 atom stereocenters. The lowest BCUT2D eigenvalue weighted by molar-refractivity contribution is 0.234. The van der Waals surface area contributed by atoms with Crippen molar-refractivity contribution >= 4 is 16.3 Å². The predicted molar refractivity (Wildman–Crippen MR) is 87.9 cm³/mol. The van der Waals surface area contributed by atoms with Gasteiger partial charge in [0.1, 0.15) is 0 Å². The third-order valence-corrected chi connectivity index (χ3v) is 4.34. The first-order valence-corrected chi connectivity index (χ1v) is 7.72. The smallest absolute Gasteiger partial charge is 0.00218 e. The molecule has 1 fully saturated rings. The van der Waals surface area contributed by atoms with E-state index in [-0.39, 0.29) is 0 Å². The molecule has 0 aromatic heterocycles. The highest BCUT2D eigenvalue weighted by atomic mass is 15.1. The van der Waals surface area contributed by atoms with Gasteiger partial charge in [0.05, 0.1) is 0 Å². The standard InChI is InChI=1S/C19H23N/c1-16(11-14-20-12-5-2-6-13-20)18-10-9-17-7-3-4-8-19(17)15-18/h3-4,7-10,15H,1-2,5-6,11-14H2. The molecule has 0 N–H and O–H groups in total. The second-order valence-corrected chi connectivity index (χ2v) is 5.82. The number of piperidine rings is 1. The summed E-state index contributed by atoms with van der Waals surface area (Å²) in [6.45, 7) is 7.99. The molecule has 1 aliphatic heterocycles. The number of hydrogen-bond acceptors (Lipinski definition) is 1. The molecule has 1 aliphatic rings. The average molecular weight is 265 g/mol. The minimum atomic E-state index is 1.08. The van der Waals surface area contributed by atoms with E-state index in [0.717, 1.165) is 13.0 Å². The largest absolute Gasteiger partial charge is 0.303 e. The van der Waals surface area contributed by atoms with E-state index in [2.05, 4.69) is 53.9 Å². The summed E-state index contributed by atoms with van der Waals surface area (Å²) in [5, 5.41) is 2.62. The molecule has 0 saturated carbocycles. The first kappa shape index (κ1) is 13.4. The Morgan fingerprint density at radius 2 is 1.70 bits per heavy atom. The van der Waals surface area contributed by atoms with E-state index in [1.807, 2.05) is 0 Å². The third kappa shape index (κ3) is 3.10. The summed E-state index contributed by atoms with van der Waals surface area (Å²) < 4.78 is 0. The van der Waals surface area contributed by atoms with Gasteiger partial charge in [-0.15, -0.1) is 0 Å². The van der Waals surface area contributed by atoms with Gasteiger partial charge in [-0.05, 0) is 60.3 Å². The molecule has 3 rings (SSSR count). The lowest BCUT2D eigenvalue weighted by Crippen LogP contribution is -2.30. The Morgan fingerprint density at radius 1 is 0.950 bits per heavy atom. The van der Waals surface area contributed by atoms with Crippen LogP contribution < -0.4 is 0 Å². The lowest BCUT2D eigenvalue weighted by Gasteiger charge is -2.26. The van der Waals surface area contributed by atoms with Gasteiger partial charge in [0.2, 0.25) is 0 Å². The molecule has 0 unspecified atom stereocenters. The zero-order valence-electron chi connectivity index (χ0n) is 12.1. The summed E-state index contributed by atoms with van der Waals surface area (Å²) in [6.07, 6.45) is 5.21. The van der Waals surface area contributed by atoms with Crippen LogP contribution in [0.4, 0.5) is 0 Å². The van der Waals surface area contributed by atoms with Gasteiger partial charge in [-0.25, -0.2) is 0 Å². The highest BCUT2D eigenvalue weighted by Crippen LogP contribution is 2.23. The van der Waals surface area contributed by atoms with Crippen LogP contribution in [0.25, 0.3) is 16.3 Å². The Labute approximate surface area is 121 Å². The van der Waals surface area contributed by atoms with Crippen molar-refractivity contribution in [1.29, 1.82) is 0 Å². The fourth-order valence-corrected chi connectivity index (χ4v) is 3.03. The zero-order chi connectivity index (χ0) is 13.8. The van der Waals surface area contributed by atoms with Gasteiger partial charge < -0.3 is 4.90 Å². The van der Waals surface area contributed by atoms with Gasteiger partial charge in [-0.1, -0.05) is 49.4 Å². The van der Waals surface area contributed by atoms with Crippen LogP contribution in [0.3, 0.4) is 0 Å². The highest BCUT2D eigenvalue weighted by Gasteiger charge is 2.10. The van der Waals surface area contributed by atoms with Gasteiger partial charge in [0, 0.05) is 6.54 Å². The van der Waals surface area contributed by atoms with Crippen molar-refractivity contribution < 1.29 is 0 Å². The maximum absolute atomic E-state index is 4.29. The molecule has 1 heterocycles. The van der Waals surface area contributed by atoms with Crippen LogP contribution in [-0.2, 0) is 0 Å². The zero-order valence-corrected chi connectivity index (χ0v) is 12.1. The molecule has 0 radical (unpaired) electrons. The molecule has 104 valence electrons. The van der Waals surface area contributed by atoms with Crippen molar-refractivity contribution in [3.63, 3.8) is 0 Å². The minimum Gasteiger partial charge on any atom is -0.303 e. The number of benzene rings is 2. The number of rotatable bonds is 4. The fraction of sp³-hybridized carbons (Fsp3) is 0.368. The van der Waals surface area contributed by atoms with E-state index < -0.39 is 0 Å². The summed E-state index contributed by atoms with van der Waals surface area (Å²) in [5.41, 5.74) is 2.56. The second-order valence-electron chi connectivity index (χ2n) is 5.82. The number of hydrogen-bond donors (Lipinski definition) is 0. The first-order valence-electron chi connectivity index (χ1n) is 7.72. The normalized spacial score (nSPS) is 16.4. The summed E-state index contributed by atoms with van der Waals surface area (Å²) >= 11 is 0. The number of nitrogens with zero attached hydrogens (tertiary/aromatic N) is 1. The van der Waals surface area contributed by atoms with Gasteiger partial charge in [0.25, 0.3) is 0 Å². The molecule has 0 spiro atoms. The number of fused-ring (bicyclic) bond motifs is 1. The van der Waals surface area contributed by atoms with Gasteiger partial charge in [-0.2, -0.15) is 0 Å². The van der Waals surface area contributed by atoms with Crippen molar-refractivity contribution in [2.75, 3.05) is 19.6 Å². The molecule has 20 heavy (non-hydrogen) atoms. The van der Waals surface area contributed by atoms with Gasteiger partial charge >= 0.3 is 0 Å². The summed E-state index contributed by atoms with van der Waals surface area (Å²) in [4.78, 5) is 2.58. The molecule has 0 aliphatic carbocycles. The Hall–Kier alpha value is -1.60.